The summed E-state index contributed by atoms with van der Waals surface area (Å²) in [6.07, 6.45) is 2.79. The van der Waals surface area contributed by atoms with Gasteiger partial charge in [0.05, 0.1) is 0 Å². The Morgan fingerprint density at radius 1 is 1.50 bits per heavy atom. The Labute approximate surface area is 54.9 Å². The number of hydrogen-bond acceptors (Lipinski definition) is 0. The maximum Gasteiger partial charge on any atom is 0.0336 e. The van der Waals surface area contributed by atoms with Crippen LogP contribution in [0.25, 0.3) is 0 Å². The van der Waals surface area contributed by atoms with Crippen molar-refractivity contribution >= 4 is 8.80 Å². The first-order valence-corrected chi connectivity index (χ1v) is 6.39. The van der Waals surface area contributed by atoms with Crippen molar-refractivity contribution in [2.24, 2.45) is 0 Å². The van der Waals surface area contributed by atoms with Crippen LogP contribution in [0.2, 0.25) is 18.6 Å². The third kappa shape index (κ3) is 4.38. The highest BCUT2D eigenvalue weighted by Gasteiger charge is 1.96. The summed E-state index contributed by atoms with van der Waals surface area (Å²) in [6, 6.07) is 2.74. The zero-order valence-electron chi connectivity index (χ0n) is 6.11. The van der Waals surface area contributed by atoms with Crippen LogP contribution in [0.5, 0.6) is 0 Å². The molecule has 0 spiro atoms. The maximum absolute atomic E-state index is 3.90. The van der Waals surface area contributed by atoms with Crippen LogP contribution in [0, 0.1) is 6.92 Å². The van der Waals surface area contributed by atoms with Crippen molar-refractivity contribution in [3.05, 3.63) is 6.92 Å². The van der Waals surface area contributed by atoms with Gasteiger partial charge in [0.2, 0.25) is 0 Å². The Bertz CT molecular complexity index is 43.7. The largest absolute Gasteiger partial charge is 0.0720 e. The molecule has 0 aliphatic heterocycles. The molecule has 1 heteroatoms. The zero-order valence-corrected chi connectivity index (χ0v) is 7.27. The van der Waals surface area contributed by atoms with Crippen LogP contribution in [0.4, 0.5) is 0 Å². The fraction of sp³-hybridized carbons (Fsp3) is 0.857. The van der Waals surface area contributed by atoms with Gasteiger partial charge in [-0.05, 0) is 0 Å². The molecule has 0 nitrogen and oxygen atoms in total. The third-order valence-electron chi connectivity index (χ3n) is 1.54. The molecule has 0 heterocycles. The lowest BCUT2D eigenvalue weighted by Crippen LogP contribution is -2.02. The van der Waals surface area contributed by atoms with E-state index in [9.17, 15) is 0 Å². The quantitative estimate of drug-likeness (QED) is 0.512. The van der Waals surface area contributed by atoms with Crippen LogP contribution < -0.4 is 0 Å². The minimum atomic E-state index is -0.310. The van der Waals surface area contributed by atoms with Gasteiger partial charge < -0.3 is 0 Å². The highest BCUT2D eigenvalue weighted by molar-refractivity contribution is 6.57. The summed E-state index contributed by atoms with van der Waals surface area (Å²) in [4.78, 5) is 0. The highest BCUT2D eigenvalue weighted by atomic mass is 28.3. The van der Waals surface area contributed by atoms with Gasteiger partial charge in [0, 0.05) is 8.80 Å². The first-order valence-electron chi connectivity index (χ1n) is 3.60. The molecule has 0 N–H and O–H groups in total. The molecule has 0 aromatic heterocycles. The summed E-state index contributed by atoms with van der Waals surface area (Å²) in [5.74, 6) is 0. The highest BCUT2D eigenvalue weighted by Crippen LogP contribution is 2.03. The Hall–Kier alpha value is 0.217. The molecule has 0 fully saturated rings. The molecule has 0 aromatic carbocycles. The summed E-state index contributed by atoms with van der Waals surface area (Å²) >= 11 is 0. The molecule has 0 bridgehead atoms. The Morgan fingerprint density at radius 3 is 2.50 bits per heavy atom. The van der Waals surface area contributed by atoms with Gasteiger partial charge in [-0.3, -0.25) is 0 Å². The van der Waals surface area contributed by atoms with E-state index in [1.165, 1.54) is 24.9 Å². The van der Waals surface area contributed by atoms with E-state index in [0.717, 1.165) is 0 Å². The van der Waals surface area contributed by atoms with Crippen molar-refractivity contribution in [2.75, 3.05) is 0 Å². The maximum atomic E-state index is 3.90. The topological polar surface area (TPSA) is 0 Å². The van der Waals surface area contributed by atoms with Gasteiger partial charge in [-0.1, -0.05) is 45.3 Å². The second kappa shape index (κ2) is 5.36. The van der Waals surface area contributed by atoms with Gasteiger partial charge in [0.15, 0.2) is 0 Å². The molecule has 1 unspecified atom stereocenters. The van der Waals surface area contributed by atoms with Gasteiger partial charge in [-0.2, -0.15) is 0 Å². The molecule has 0 rings (SSSR count). The first-order chi connectivity index (χ1) is 3.81. The van der Waals surface area contributed by atoms with Crippen LogP contribution in [0.1, 0.15) is 19.8 Å². The smallest absolute Gasteiger partial charge is 0.0336 e. The van der Waals surface area contributed by atoms with E-state index in [4.69, 9.17) is 0 Å². The van der Waals surface area contributed by atoms with Crippen molar-refractivity contribution < 1.29 is 0 Å². The normalized spacial score (nSPS) is 13.9. The fourth-order valence-corrected chi connectivity index (χ4v) is 2.09. The number of hydrogen-bond donors (Lipinski definition) is 0. The average Bonchev–Trinajstić information content (AvgIpc) is 1.83. The molecule has 0 aliphatic carbocycles. The van der Waals surface area contributed by atoms with Gasteiger partial charge in [-0.25, -0.2) is 0 Å². The zero-order chi connectivity index (χ0) is 6.41. The van der Waals surface area contributed by atoms with Crippen molar-refractivity contribution in [1.82, 2.24) is 0 Å². The summed E-state index contributed by atoms with van der Waals surface area (Å²) in [5.41, 5.74) is 0. The second-order valence-corrected chi connectivity index (χ2v) is 5.90. The van der Waals surface area contributed by atoms with E-state index >= 15 is 0 Å². The lowest BCUT2D eigenvalue weighted by molar-refractivity contribution is 0.873. The minimum Gasteiger partial charge on any atom is -0.0720 e. The van der Waals surface area contributed by atoms with E-state index in [2.05, 4.69) is 20.4 Å². The predicted molar refractivity (Wildman–Crippen MR) is 42.9 cm³/mol. The minimum absolute atomic E-state index is 0.310. The van der Waals surface area contributed by atoms with Crippen LogP contribution in [-0.2, 0) is 0 Å². The molecule has 1 radical (unpaired) electrons. The van der Waals surface area contributed by atoms with Gasteiger partial charge in [0.1, 0.15) is 0 Å². The molecular weight excluding hydrogens is 112 g/mol. The third-order valence-corrected chi connectivity index (χ3v) is 3.92. The SMILES string of the molecule is [CH2]C[SiH](C)CCCC. The van der Waals surface area contributed by atoms with Crippen molar-refractivity contribution in [3.8, 4) is 0 Å². The van der Waals surface area contributed by atoms with E-state index < -0.39 is 0 Å². The molecule has 49 valence electrons. The van der Waals surface area contributed by atoms with E-state index in [1.807, 2.05) is 0 Å². The van der Waals surface area contributed by atoms with E-state index in [1.54, 1.807) is 0 Å². The van der Waals surface area contributed by atoms with Crippen LogP contribution >= 0.6 is 0 Å². The van der Waals surface area contributed by atoms with E-state index in [0.29, 0.717) is 0 Å². The predicted octanol–water partition coefficient (Wildman–Crippen LogP) is 2.48. The standard InChI is InChI=1S/C7H17Si/c1-4-6-7-8(3)5-2/h8H,2,4-7H2,1,3H3. The van der Waals surface area contributed by atoms with Gasteiger partial charge >= 0.3 is 0 Å². The molecular formula is C7H17Si. The molecule has 0 aromatic rings. The summed E-state index contributed by atoms with van der Waals surface area (Å²) in [5, 5.41) is 0. The molecule has 1 atom stereocenters. The van der Waals surface area contributed by atoms with Crippen LogP contribution in [0.3, 0.4) is 0 Å². The Morgan fingerprint density at radius 2 is 2.12 bits per heavy atom. The van der Waals surface area contributed by atoms with Gasteiger partial charge in [0.25, 0.3) is 0 Å². The fourth-order valence-electron chi connectivity index (χ4n) is 0.697. The van der Waals surface area contributed by atoms with Crippen LogP contribution in [-0.4, -0.2) is 8.80 Å². The first kappa shape index (κ1) is 8.22. The Balaban J connectivity index is 2.86. The van der Waals surface area contributed by atoms with E-state index in [-0.39, 0.29) is 8.80 Å². The summed E-state index contributed by atoms with van der Waals surface area (Å²) < 4.78 is 0. The lowest BCUT2D eigenvalue weighted by atomic mass is 10.4. The molecule has 0 aliphatic rings. The summed E-state index contributed by atoms with van der Waals surface area (Å²) in [6.45, 7) is 8.56. The molecule has 8 heavy (non-hydrogen) atoms. The molecule has 0 saturated carbocycles. The van der Waals surface area contributed by atoms with Crippen molar-refractivity contribution in [2.45, 2.75) is 38.4 Å². The van der Waals surface area contributed by atoms with Gasteiger partial charge in [-0.15, -0.1) is 0 Å². The second-order valence-electron chi connectivity index (χ2n) is 2.54. The van der Waals surface area contributed by atoms with Crippen LogP contribution in [0.15, 0.2) is 0 Å². The molecule has 0 saturated heterocycles. The summed E-state index contributed by atoms with van der Waals surface area (Å²) in [7, 11) is -0.310. The molecule has 0 amide bonds. The number of unbranched alkanes of at least 4 members (excludes halogenated alkanes) is 1. The Kier molecular flexibility index (Phi) is 5.50. The number of rotatable bonds is 4. The lowest BCUT2D eigenvalue weighted by Gasteiger charge is -2.02. The monoisotopic (exact) mass is 129 g/mol. The van der Waals surface area contributed by atoms with Crippen molar-refractivity contribution in [1.29, 1.82) is 0 Å². The average molecular weight is 129 g/mol. The van der Waals surface area contributed by atoms with Crippen molar-refractivity contribution in [3.63, 3.8) is 0 Å².